The van der Waals surface area contributed by atoms with E-state index < -0.39 is 17.5 Å². The molecular formula is C23H27F3O2. The molecule has 2 unspecified atom stereocenters. The molecule has 0 amide bonds. The lowest BCUT2D eigenvalue weighted by atomic mass is 9.95. The molecule has 0 N–H and O–H groups in total. The number of hydrogen-bond acceptors (Lipinski definition) is 2. The van der Waals surface area contributed by atoms with Gasteiger partial charge < -0.3 is 9.47 Å². The van der Waals surface area contributed by atoms with Crippen LogP contribution in [-0.2, 0) is 15.9 Å². The summed E-state index contributed by atoms with van der Waals surface area (Å²) in [6, 6.07) is 7.63. The molecule has 2 aromatic rings. The van der Waals surface area contributed by atoms with E-state index in [-0.39, 0.29) is 17.8 Å². The first-order valence-electron chi connectivity index (χ1n) is 9.96. The average Bonchev–Trinajstić information content (AvgIpc) is 2.71. The normalized spacial score (nSPS) is 19.8. The van der Waals surface area contributed by atoms with Crippen LogP contribution in [0.25, 0.3) is 11.1 Å². The molecule has 2 atom stereocenters. The summed E-state index contributed by atoms with van der Waals surface area (Å²) in [5, 5.41) is 0. The fourth-order valence-corrected chi connectivity index (χ4v) is 3.69. The van der Waals surface area contributed by atoms with E-state index in [0.717, 1.165) is 25.7 Å². The summed E-state index contributed by atoms with van der Waals surface area (Å²) in [4.78, 5) is 0. The Morgan fingerprint density at radius 1 is 1.04 bits per heavy atom. The van der Waals surface area contributed by atoms with E-state index in [1.54, 1.807) is 25.3 Å². The van der Waals surface area contributed by atoms with E-state index in [2.05, 4.69) is 6.92 Å². The van der Waals surface area contributed by atoms with Gasteiger partial charge in [-0.1, -0.05) is 44.0 Å². The topological polar surface area (TPSA) is 18.5 Å². The number of ether oxygens (including phenoxy) is 2. The smallest absolute Gasteiger partial charge is 0.166 e. The number of halogens is 3. The Balaban J connectivity index is 1.79. The predicted molar refractivity (Wildman–Crippen MR) is 104 cm³/mol. The molecule has 0 aliphatic carbocycles. The molecule has 0 bridgehead atoms. The van der Waals surface area contributed by atoms with E-state index in [1.165, 1.54) is 12.1 Å². The lowest BCUT2D eigenvalue weighted by molar-refractivity contribution is -0.0735. The van der Waals surface area contributed by atoms with Gasteiger partial charge in [0.05, 0.1) is 18.8 Å². The number of unbranched alkanes of at least 4 members (excludes halogenated alkanes) is 2. The summed E-state index contributed by atoms with van der Waals surface area (Å²) in [5.41, 5.74) is 1.21. The lowest BCUT2D eigenvalue weighted by Gasteiger charge is -2.28. The second kappa shape index (κ2) is 9.57. The third-order valence-electron chi connectivity index (χ3n) is 5.44. The van der Waals surface area contributed by atoms with Crippen LogP contribution in [0.3, 0.4) is 0 Å². The Bertz CT molecular complexity index is 799. The average molecular weight is 392 g/mol. The van der Waals surface area contributed by atoms with Crippen molar-refractivity contribution < 1.29 is 22.6 Å². The highest BCUT2D eigenvalue weighted by molar-refractivity contribution is 5.65. The van der Waals surface area contributed by atoms with Crippen LogP contribution in [0.1, 0.15) is 56.3 Å². The summed E-state index contributed by atoms with van der Waals surface area (Å²) < 4.78 is 54.6. The Morgan fingerprint density at radius 2 is 1.86 bits per heavy atom. The van der Waals surface area contributed by atoms with Crippen LogP contribution in [0.5, 0.6) is 0 Å². The van der Waals surface area contributed by atoms with Gasteiger partial charge in [-0.2, -0.15) is 0 Å². The standard InChI is InChI=1S/C23H27F3O2/c1-3-4-5-6-15-7-10-18(23(26)22(15)25)16-8-11-19(20(24)13-16)21-12-9-17(27-2)14-28-21/h7-8,10-11,13,17,21H,3-6,9,12,14H2,1-2H3. The Hall–Kier alpha value is -1.85. The van der Waals surface area contributed by atoms with Crippen molar-refractivity contribution in [2.24, 2.45) is 0 Å². The first-order chi connectivity index (χ1) is 13.5. The SMILES string of the molecule is CCCCCc1ccc(-c2ccc(C3CCC(OC)CO3)c(F)c2)c(F)c1F. The highest BCUT2D eigenvalue weighted by atomic mass is 19.2. The molecule has 5 heteroatoms. The van der Waals surface area contributed by atoms with Crippen LogP contribution in [0.4, 0.5) is 13.2 Å². The maximum absolute atomic E-state index is 14.7. The summed E-state index contributed by atoms with van der Waals surface area (Å²) in [6.45, 7) is 2.48. The van der Waals surface area contributed by atoms with Gasteiger partial charge in [-0.15, -0.1) is 0 Å². The molecule has 0 spiro atoms. The van der Waals surface area contributed by atoms with Crippen molar-refractivity contribution >= 4 is 0 Å². The molecule has 0 radical (unpaired) electrons. The van der Waals surface area contributed by atoms with Crippen LogP contribution in [0.2, 0.25) is 0 Å². The first kappa shape index (κ1) is 20.9. The summed E-state index contributed by atoms with van der Waals surface area (Å²) in [6.07, 6.45) is 4.46. The van der Waals surface area contributed by atoms with Crippen molar-refractivity contribution in [1.29, 1.82) is 0 Å². The van der Waals surface area contributed by atoms with Crippen molar-refractivity contribution in [2.45, 2.75) is 57.7 Å². The van der Waals surface area contributed by atoms with Crippen molar-refractivity contribution in [3.8, 4) is 11.1 Å². The Kier molecular flexibility index (Phi) is 7.13. The number of rotatable bonds is 7. The quantitative estimate of drug-likeness (QED) is 0.510. The zero-order valence-corrected chi connectivity index (χ0v) is 16.4. The molecule has 0 saturated carbocycles. The van der Waals surface area contributed by atoms with Gasteiger partial charge >= 0.3 is 0 Å². The molecule has 2 nitrogen and oxygen atoms in total. The van der Waals surface area contributed by atoms with Crippen molar-refractivity contribution in [1.82, 2.24) is 0 Å². The highest BCUT2D eigenvalue weighted by Gasteiger charge is 2.25. The maximum atomic E-state index is 14.7. The number of hydrogen-bond donors (Lipinski definition) is 0. The third-order valence-corrected chi connectivity index (χ3v) is 5.44. The van der Waals surface area contributed by atoms with Crippen LogP contribution in [0, 0.1) is 17.5 Å². The van der Waals surface area contributed by atoms with E-state index in [1.807, 2.05) is 0 Å². The van der Waals surface area contributed by atoms with Crippen LogP contribution in [0.15, 0.2) is 30.3 Å². The minimum Gasteiger partial charge on any atom is -0.379 e. The Morgan fingerprint density at radius 3 is 2.50 bits per heavy atom. The number of aryl methyl sites for hydroxylation is 1. The third kappa shape index (κ3) is 4.58. The molecule has 152 valence electrons. The molecular weight excluding hydrogens is 365 g/mol. The fourth-order valence-electron chi connectivity index (χ4n) is 3.69. The van der Waals surface area contributed by atoms with Gasteiger partial charge in [0.25, 0.3) is 0 Å². The zero-order valence-electron chi connectivity index (χ0n) is 16.4. The molecule has 1 heterocycles. The minimum absolute atomic E-state index is 0.0338. The zero-order chi connectivity index (χ0) is 20.1. The second-order valence-corrected chi connectivity index (χ2v) is 7.35. The molecule has 0 aromatic heterocycles. The van der Waals surface area contributed by atoms with Gasteiger partial charge in [-0.25, -0.2) is 13.2 Å². The first-order valence-corrected chi connectivity index (χ1v) is 9.96. The van der Waals surface area contributed by atoms with Crippen LogP contribution in [-0.4, -0.2) is 19.8 Å². The fraction of sp³-hybridized carbons (Fsp3) is 0.478. The lowest BCUT2D eigenvalue weighted by Crippen LogP contribution is -2.26. The van der Waals surface area contributed by atoms with E-state index in [9.17, 15) is 13.2 Å². The minimum atomic E-state index is -0.919. The largest absolute Gasteiger partial charge is 0.379 e. The van der Waals surface area contributed by atoms with Gasteiger partial charge in [-0.05, 0) is 42.9 Å². The second-order valence-electron chi connectivity index (χ2n) is 7.35. The molecule has 1 aliphatic heterocycles. The van der Waals surface area contributed by atoms with Crippen LogP contribution < -0.4 is 0 Å². The van der Waals surface area contributed by atoms with E-state index in [0.29, 0.717) is 36.1 Å². The molecule has 1 aliphatic rings. The van der Waals surface area contributed by atoms with Gasteiger partial charge in [0.2, 0.25) is 0 Å². The molecule has 3 rings (SSSR count). The van der Waals surface area contributed by atoms with E-state index in [4.69, 9.17) is 9.47 Å². The van der Waals surface area contributed by atoms with Crippen molar-refractivity contribution in [2.75, 3.05) is 13.7 Å². The molecule has 1 fully saturated rings. The van der Waals surface area contributed by atoms with Gasteiger partial charge in [0, 0.05) is 18.2 Å². The van der Waals surface area contributed by atoms with E-state index >= 15 is 0 Å². The van der Waals surface area contributed by atoms with Gasteiger partial charge in [-0.3, -0.25) is 0 Å². The van der Waals surface area contributed by atoms with Crippen molar-refractivity contribution in [3.05, 3.63) is 58.9 Å². The van der Waals surface area contributed by atoms with Gasteiger partial charge in [0.15, 0.2) is 11.6 Å². The van der Waals surface area contributed by atoms with Crippen LogP contribution >= 0.6 is 0 Å². The highest BCUT2D eigenvalue weighted by Crippen LogP contribution is 2.34. The van der Waals surface area contributed by atoms with Crippen molar-refractivity contribution in [3.63, 3.8) is 0 Å². The summed E-state index contributed by atoms with van der Waals surface area (Å²) in [7, 11) is 1.63. The maximum Gasteiger partial charge on any atom is 0.166 e. The molecule has 1 saturated heterocycles. The summed E-state index contributed by atoms with van der Waals surface area (Å²) >= 11 is 0. The number of benzene rings is 2. The Labute approximate surface area is 164 Å². The summed E-state index contributed by atoms with van der Waals surface area (Å²) in [5.74, 6) is -2.22. The predicted octanol–water partition coefficient (Wildman–Crippen LogP) is 6.37. The monoisotopic (exact) mass is 392 g/mol. The number of methoxy groups -OCH3 is 1. The van der Waals surface area contributed by atoms with Gasteiger partial charge in [0.1, 0.15) is 5.82 Å². The molecule has 2 aromatic carbocycles. The molecule has 28 heavy (non-hydrogen) atoms.